The van der Waals surface area contributed by atoms with Crippen molar-refractivity contribution in [2.24, 2.45) is 0 Å². The molecule has 2 N–H and O–H groups in total. The highest BCUT2D eigenvalue weighted by molar-refractivity contribution is 7.19. The molecule has 0 aromatic carbocycles. The summed E-state index contributed by atoms with van der Waals surface area (Å²) in [5.41, 5.74) is 2.05. The van der Waals surface area contributed by atoms with Gasteiger partial charge < -0.3 is 19.7 Å². The van der Waals surface area contributed by atoms with Gasteiger partial charge >= 0.3 is 0 Å². The summed E-state index contributed by atoms with van der Waals surface area (Å²) in [5, 5.41) is 9.03. The smallest absolute Gasteiger partial charge is 0.227 e. The van der Waals surface area contributed by atoms with Crippen LogP contribution in [0, 0.1) is 0 Å². The van der Waals surface area contributed by atoms with Gasteiger partial charge in [-0.1, -0.05) is 0 Å². The highest BCUT2D eigenvalue weighted by atomic mass is 32.1. The van der Waals surface area contributed by atoms with Gasteiger partial charge in [-0.25, -0.2) is 9.97 Å². The Labute approximate surface area is 161 Å². The van der Waals surface area contributed by atoms with E-state index in [1.165, 1.54) is 10.4 Å². The van der Waals surface area contributed by atoms with Crippen LogP contribution >= 0.6 is 11.3 Å². The van der Waals surface area contributed by atoms with E-state index >= 15 is 0 Å². The maximum absolute atomic E-state index is 5.99. The number of morpholine rings is 1. The minimum Gasteiger partial charge on any atom is -0.370 e. The molecule has 3 aromatic heterocycles. The summed E-state index contributed by atoms with van der Waals surface area (Å²) in [6.07, 6.45) is 2.49. The molecule has 27 heavy (non-hydrogen) atoms. The van der Waals surface area contributed by atoms with Crippen LogP contribution < -0.4 is 10.2 Å². The van der Waals surface area contributed by atoms with Crippen molar-refractivity contribution in [1.82, 2.24) is 19.6 Å². The molecule has 2 aliphatic heterocycles. The van der Waals surface area contributed by atoms with E-state index in [0.29, 0.717) is 6.61 Å². The van der Waals surface area contributed by atoms with Gasteiger partial charge in [0.25, 0.3) is 0 Å². The lowest BCUT2D eigenvalue weighted by Crippen LogP contribution is -3.14. The van der Waals surface area contributed by atoms with Crippen LogP contribution in [-0.2, 0) is 22.5 Å². The SMILES string of the molecule is CC1(C)Cc2c(sc3nc(NCC[NH+]4CCOCC4)n4ncnc4c23)CO1. The molecule has 8 nitrogen and oxygen atoms in total. The van der Waals surface area contributed by atoms with Gasteiger partial charge in [0.1, 0.15) is 24.2 Å². The van der Waals surface area contributed by atoms with Crippen LogP contribution in [-0.4, -0.2) is 64.6 Å². The molecule has 0 unspecified atom stereocenters. The minimum atomic E-state index is -0.157. The van der Waals surface area contributed by atoms with Crippen LogP contribution in [0.2, 0.25) is 0 Å². The molecule has 1 saturated heterocycles. The quantitative estimate of drug-likeness (QED) is 0.677. The van der Waals surface area contributed by atoms with Crippen LogP contribution in [0.25, 0.3) is 15.9 Å². The van der Waals surface area contributed by atoms with Crippen molar-refractivity contribution in [2.45, 2.75) is 32.5 Å². The molecule has 5 heterocycles. The lowest BCUT2D eigenvalue weighted by atomic mass is 9.94. The summed E-state index contributed by atoms with van der Waals surface area (Å²) >= 11 is 1.72. The van der Waals surface area contributed by atoms with Gasteiger partial charge in [-0.15, -0.1) is 11.3 Å². The van der Waals surface area contributed by atoms with E-state index in [2.05, 4.69) is 29.2 Å². The average molecular weight is 390 g/mol. The zero-order chi connectivity index (χ0) is 18.4. The van der Waals surface area contributed by atoms with Crippen LogP contribution in [0.1, 0.15) is 24.3 Å². The molecule has 0 saturated carbocycles. The normalized spacial score (nSPS) is 20.2. The van der Waals surface area contributed by atoms with Crippen molar-refractivity contribution >= 4 is 33.1 Å². The number of nitrogens with zero attached hydrogens (tertiary/aromatic N) is 4. The molecule has 9 heteroatoms. The molecular weight excluding hydrogens is 364 g/mol. The highest BCUT2D eigenvalue weighted by Crippen LogP contribution is 2.40. The fourth-order valence-corrected chi connectivity index (χ4v) is 5.03. The number of anilines is 1. The second-order valence-corrected chi connectivity index (χ2v) is 8.96. The Morgan fingerprint density at radius 1 is 1.33 bits per heavy atom. The van der Waals surface area contributed by atoms with E-state index in [4.69, 9.17) is 14.5 Å². The van der Waals surface area contributed by atoms with Crippen molar-refractivity contribution in [1.29, 1.82) is 0 Å². The fourth-order valence-electron chi connectivity index (χ4n) is 3.93. The monoisotopic (exact) mass is 389 g/mol. The van der Waals surface area contributed by atoms with Crippen molar-refractivity contribution in [3.05, 3.63) is 16.8 Å². The second kappa shape index (κ2) is 6.66. The molecule has 0 aliphatic carbocycles. The first-order valence-electron chi connectivity index (χ1n) is 9.54. The lowest BCUT2D eigenvalue weighted by Gasteiger charge is -2.30. The van der Waals surface area contributed by atoms with Gasteiger partial charge in [0.2, 0.25) is 5.95 Å². The molecule has 144 valence electrons. The van der Waals surface area contributed by atoms with Gasteiger partial charge in [0.15, 0.2) is 5.65 Å². The Morgan fingerprint density at radius 3 is 3.04 bits per heavy atom. The van der Waals surface area contributed by atoms with E-state index in [1.807, 2.05) is 4.52 Å². The third-order valence-corrected chi connectivity index (χ3v) is 6.51. The second-order valence-electron chi connectivity index (χ2n) is 7.88. The molecule has 2 aliphatic rings. The molecule has 5 rings (SSSR count). The van der Waals surface area contributed by atoms with E-state index in [-0.39, 0.29) is 5.60 Å². The lowest BCUT2D eigenvalue weighted by molar-refractivity contribution is -0.906. The van der Waals surface area contributed by atoms with Crippen LogP contribution in [0.15, 0.2) is 6.33 Å². The van der Waals surface area contributed by atoms with Crippen molar-refractivity contribution in [3.63, 3.8) is 0 Å². The first kappa shape index (κ1) is 17.3. The number of aromatic nitrogens is 4. The van der Waals surface area contributed by atoms with E-state index < -0.39 is 0 Å². The highest BCUT2D eigenvalue weighted by Gasteiger charge is 2.31. The van der Waals surface area contributed by atoms with Gasteiger partial charge in [-0.3, -0.25) is 0 Å². The maximum Gasteiger partial charge on any atom is 0.227 e. The molecule has 0 spiro atoms. The number of fused-ring (bicyclic) bond motifs is 5. The van der Waals surface area contributed by atoms with Gasteiger partial charge in [-0.2, -0.15) is 9.61 Å². The summed E-state index contributed by atoms with van der Waals surface area (Å²) in [4.78, 5) is 13.3. The van der Waals surface area contributed by atoms with Crippen molar-refractivity contribution in [2.75, 3.05) is 44.7 Å². The van der Waals surface area contributed by atoms with Gasteiger partial charge in [0.05, 0.1) is 43.9 Å². The maximum atomic E-state index is 5.99. The average Bonchev–Trinajstić information content (AvgIpc) is 3.26. The minimum absolute atomic E-state index is 0.157. The summed E-state index contributed by atoms with van der Waals surface area (Å²) in [6, 6.07) is 0. The zero-order valence-corrected chi connectivity index (χ0v) is 16.6. The van der Waals surface area contributed by atoms with Crippen molar-refractivity contribution in [3.8, 4) is 0 Å². The largest absolute Gasteiger partial charge is 0.370 e. The summed E-state index contributed by atoms with van der Waals surface area (Å²) in [5.74, 6) is 0.765. The fraction of sp³-hybridized carbons (Fsp3) is 0.611. The summed E-state index contributed by atoms with van der Waals surface area (Å²) in [6.45, 7) is 10.7. The zero-order valence-electron chi connectivity index (χ0n) is 15.7. The van der Waals surface area contributed by atoms with Gasteiger partial charge in [-0.05, 0) is 19.4 Å². The predicted octanol–water partition coefficient (Wildman–Crippen LogP) is 0.517. The Balaban J connectivity index is 1.46. The number of quaternary nitrogens is 1. The number of thiophene rings is 1. The standard InChI is InChI=1S/C18H24N6O2S/c1-18(2)9-12-13(10-26-18)27-16-14(12)15-20-11-21-24(15)17(22-16)19-3-4-23-5-7-25-8-6-23/h11H,3-10H2,1-2H3,(H,19,22)/p+1. The molecule has 3 aromatic rings. The first-order chi connectivity index (χ1) is 13.1. The molecule has 0 amide bonds. The number of nitrogens with one attached hydrogen (secondary N) is 2. The molecule has 1 fully saturated rings. The molecular formula is C18H25N6O2S+. The first-order valence-corrected chi connectivity index (χ1v) is 10.4. The Morgan fingerprint density at radius 2 is 2.19 bits per heavy atom. The van der Waals surface area contributed by atoms with Gasteiger partial charge in [0, 0.05) is 11.3 Å². The Hall–Kier alpha value is -1.81. The Bertz CT molecular complexity index is 975. The third-order valence-electron chi connectivity index (χ3n) is 5.41. The van der Waals surface area contributed by atoms with E-state index in [0.717, 1.165) is 67.6 Å². The molecule has 0 atom stereocenters. The number of hydrogen-bond donors (Lipinski definition) is 2. The van der Waals surface area contributed by atoms with Crippen molar-refractivity contribution < 1.29 is 14.4 Å². The summed E-state index contributed by atoms with van der Waals surface area (Å²) in [7, 11) is 0. The predicted molar refractivity (Wildman–Crippen MR) is 104 cm³/mol. The van der Waals surface area contributed by atoms with Crippen LogP contribution in [0.3, 0.4) is 0 Å². The molecule has 0 radical (unpaired) electrons. The summed E-state index contributed by atoms with van der Waals surface area (Å²) < 4.78 is 13.3. The van der Waals surface area contributed by atoms with E-state index in [1.54, 1.807) is 22.6 Å². The van der Waals surface area contributed by atoms with E-state index in [9.17, 15) is 0 Å². The van der Waals surface area contributed by atoms with Crippen LogP contribution in [0.4, 0.5) is 5.95 Å². The third kappa shape index (κ3) is 3.18. The number of hydrogen-bond acceptors (Lipinski definition) is 7. The topological polar surface area (TPSA) is 78.0 Å². The number of ether oxygens (including phenoxy) is 2. The van der Waals surface area contributed by atoms with Crippen LogP contribution in [0.5, 0.6) is 0 Å². The number of rotatable bonds is 4. The molecule has 0 bridgehead atoms. The Kier molecular flexibility index (Phi) is 4.27.